The van der Waals surface area contributed by atoms with Crippen molar-refractivity contribution in [2.24, 2.45) is 0 Å². The molecule has 2 N–H and O–H groups in total. The number of nitrogens with one attached hydrogen (secondary N) is 2. The zero-order valence-corrected chi connectivity index (χ0v) is 17.5. The van der Waals surface area contributed by atoms with E-state index in [0.29, 0.717) is 16.6 Å². The maximum absolute atomic E-state index is 13.7. The Morgan fingerprint density at radius 2 is 1.83 bits per heavy atom. The van der Waals surface area contributed by atoms with E-state index in [4.69, 9.17) is 9.47 Å². The third-order valence-electron chi connectivity index (χ3n) is 3.55. The van der Waals surface area contributed by atoms with Crippen LogP contribution in [-0.2, 0) is 9.59 Å². The zero-order chi connectivity index (χ0) is 20.8. The van der Waals surface area contributed by atoms with E-state index in [1.165, 1.54) is 30.6 Å². The highest BCUT2D eigenvalue weighted by atomic mass is 79.9. The number of hydrogen-bond donors (Lipinski definition) is 2. The van der Waals surface area contributed by atoms with Crippen LogP contribution in [0.5, 0.6) is 17.2 Å². The summed E-state index contributed by atoms with van der Waals surface area (Å²) in [4.78, 5) is 28.2. The molecule has 7 nitrogen and oxygen atoms in total. The van der Waals surface area contributed by atoms with Gasteiger partial charge in [0.2, 0.25) is 11.8 Å². The lowest BCUT2D eigenvalue weighted by Crippen LogP contribution is -2.21. The molecule has 0 aliphatic rings. The van der Waals surface area contributed by atoms with E-state index >= 15 is 0 Å². The predicted octanol–water partition coefficient (Wildman–Crippen LogP) is 4.81. The van der Waals surface area contributed by atoms with Gasteiger partial charge < -0.3 is 20.1 Å². The van der Waals surface area contributed by atoms with Gasteiger partial charge in [0.25, 0.3) is 0 Å². The highest BCUT2D eigenvalue weighted by Gasteiger charge is 2.16. The van der Waals surface area contributed by atoms with Crippen molar-refractivity contribution in [3.8, 4) is 17.2 Å². The van der Waals surface area contributed by atoms with Gasteiger partial charge in [0.15, 0.2) is 22.4 Å². The van der Waals surface area contributed by atoms with Crippen molar-refractivity contribution in [1.82, 2.24) is 4.98 Å². The molecule has 1 aromatic heterocycles. The fraction of sp³-hybridized carbons (Fsp3) is 0.105. The lowest BCUT2D eigenvalue weighted by molar-refractivity contribution is -0.123. The first-order valence-electron chi connectivity index (χ1n) is 8.26. The van der Waals surface area contributed by atoms with E-state index in [1.54, 1.807) is 30.5 Å². The molecule has 0 saturated heterocycles. The fourth-order valence-electron chi connectivity index (χ4n) is 2.32. The summed E-state index contributed by atoms with van der Waals surface area (Å²) in [5.41, 5.74) is 0.215. The molecule has 0 radical (unpaired) electrons. The quantitative estimate of drug-likeness (QED) is 0.474. The van der Waals surface area contributed by atoms with Crippen molar-refractivity contribution in [2.75, 3.05) is 17.7 Å². The van der Waals surface area contributed by atoms with Crippen molar-refractivity contribution in [3.63, 3.8) is 0 Å². The minimum Gasteiger partial charge on any atom is -0.493 e. The summed E-state index contributed by atoms with van der Waals surface area (Å²) in [6, 6.07) is 10.5. The van der Waals surface area contributed by atoms with Gasteiger partial charge >= 0.3 is 0 Å². The number of aromatic nitrogens is 1. The van der Waals surface area contributed by atoms with Crippen molar-refractivity contribution < 1.29 is 23.5 Å². The van der Waals surface area contributed by atoms with E-state index in [9.17, 15) is 14.0 Å². The standard InChI is InChI=1S/C19H15BrFN3O4S/c1-27-13-4-2-3-5-14(13)28-15-8-11(21)6-7-12(15)23-17(25)9-18(26)24-19-22-10-16(20)29-19/h2-8,10H,9H2,1H3,(H,23,25)(H,22,24,26). The van der Waals surface area contributed by atoms with Crippen LogP contribution in [0.4, 0.5) is 15.2 Å². The van der Waals surface area contributed by atoms with Gasteiger partial charge in [-0.1, -0.05) is 23.5 Å². The van der Waals surface area contributed by atoms with Crippen LogP contribution in [0.3, 0.4) is 0 Å². The smallest absolute Gasteiger partial charge is 0.235 e. The molecule has 0 atom stereocenters. The number of anilines is 2. The first-order chi connectivity index (χ1) is 13.9. The number of halogens is 2. The van der Waals surface area contributed by atoms with Crippen LogP contribution in [0, 0.1) is 5.82 Å². The highest BCUT2D eigenvalue weighted by molar-refractivity contribution is 9.11. The molecule has 2 aromatic carbocycles. The Kier molecular flexibility index (Phi) is 6.78. The summed E-state index contributed by atoms with van der Waals surface area (Å²) in [5, 5.41) is 5.46. The van der Waals surface area contributed by atoms with Crippen LogP contribution in [0.25, 0.3) is 0 Å². The van der Waals surface area contributed by atoms with Crippen LogP contribution in [-0.4, -0.2) is 23.9 Å². The molecule has 29 heavy (non-hydrogen) atoms. The second-order valence-corrected chi connectivity index (χ2v) is 8.05. The number of amides is 2. The number of rotatable bonds is 7. The SMILES string of the molecule is COc1ccccc1Oc1cc(F)ccc1NC(=O)CC(=O)Nc1ncc(Br)s1. The molecule has 0 spiro atoms. The number of para-hydroxylation sites is 2. The first-order valence-corrected chi connectivity index (χ1v) is 9.87. The maximum Gasteiger partial charge on any atom is 0.235 e. The number of hydrogen-bond acceptors (Lipinski definition) is 6. The van der Waals surface area contributed by atoms with Gasteiger partial charge in [-0.15, -0.1) is 0 Å². The third kappa shape index (κ3) is 5.75. The number of benzene rings is 2. The molecule has 0 bridgehead atoms. The Balaban J connectivity index is 1.70. The van der Waals surface area contributed by atoms with Crippen LogP contribution < -0.4 is 20.1 Å². The fourth-order valence-corrected chi connectivity index (χ4v) is 3.44. The van der Waals surface area contributed by atoms with Crippen molar-refractivity contribution in [1.29, 1.82) is 0 Å². The molecule has 1 heterocycles. The van der Waals surface area contributed by atoms with Crippen molar-refractivity contribution >= 4 is 49.9 Å². The van der Waals surface area contributed by atoms with E-state index in [2.05, 4.69) is 31.5 Å². The molecule has 0 aliphatic heterocycles. The monoisotopic (exact) mass is 479 g/mol. The Morgan fingerprint density at radius 1 is 1.10 bits per heavy atom. The number of nitrogens with zero attached hydrogens (tertiary/aromatic N) is 1. The third-order valence-corrected chi connectivity index (χ3v) is 4.94. The Bertz CT molecular complexity index is 1040. The lowest BCUT2D eigenvalue weighted by Gasteiger charge is -2.14. The normalized spacial score (nSPS) is 10.3. The largest absolute Gasteiger partial charge is 0.493 e. The summed E-state index contributed by atoms with van der Waals surface area (Å²) in [7, 11) is 1.48. The van der Waals surface area contributed by atoms with Crippen molar-refractivity contribution in [3.05, 3.63) is 58.3 Å². The van der Waals surface area contributed by atoms with Crippen molar-refractivity contribution in [2.45, 2.75) is 6.42 Å². The van der Waals surface area contributed by atoms with Gasteiger partial charge in [0, 0.05) is 6.07 Å². The Morgan fingerprint density at radius 3 is 2.52 bits per heavy atom. The molecule has 3 aromatic rings. The van der Waals surface area contributed by atoms with Gasteiger partial charge in [0.1, 0.15) is 12.2 Å². The van der Waals surface area contributed by atoms with Gasteiger partial charge in [-0.05, 0) is 40.2 Å². The molecule has 150 valence electrons. The number of methoxy groups -OCH3 is 1. The molecular weight excluding hydrogens is 465 g/mol. The number of thiazole rings is 1. The summed E-state index contributed by atoms with van der Waals surface area (Å²) in [6.45, 7) is 0. The van der Waals surface area contributed by atoms with Gasteiger partial charge in [-0.2, -0.15) is 0 Å². The summed E-state index contributed by atoms with van der Waals surface area (Å²) >= 11 is 4.46. The Hall–Kier alpha value is -2.98. The number of ether oxygens (including phenoxy) is 2. The topological polar surface area (TPSA) is 89.5 Å². The molecule has 0 saturated carbocycles. The Labute approximate surface area is 178 Å². The van der Waals surface area contributed by atoms with Crippen LogP contribution in [0.2, 0.25) is 0 Å². The van der Waals surface area contributed by atoms with Gasteiger partial charge in [0.05, 0.1) is 22.8 Å². The lowest BCUT2D eigenvalue weighted by atomic mass is 10.2. The minimum absolute atomic E-state index is 0.0760. The molecule has 10 heteroatoms. The highest BCUT2D eigenvalue weighted by Crippen LogP contribution is 2.35. The van der Waals surface area contributed by atoms with E-state index < -0.39 is 24.1 Å². The molecule has 0 aliphatic carbocycles. The molecule has 3 rings (SSSR count). The molecule has 2 amide bonds. The minimum atomic E-state index is -0.588. The van der Waals surface area contributed by atoms with E-state index in [-0.39, 0.29) is 11.4 Å². The molecule has 0 unspecified atom stereocenters. The van der Waals surface area contributed by atoms with E-state index in [1.807, 2.05) is 0 Å². The first kappa shape index (κ1) is 20.7. The zero-order valence-electron chi connectivity index (χ0n) is 15.1. The summed E-state index contributed by atoms with van der Waals surface area (Å²) in [6.07, 6.45) is 1.10. The van der Waals surface area contributed by atoms with Crippen LogP contribution in [0.1, 0.15) is 6.42 Å². The maximum atomic E-state index is 13.7. The van der Waals surface area contributed by atoms with Gasteiger partial charge in [-0.3, -0.25) is 9.59 Å². The number of carbonyl (C=O) groups excluding carboxylic acids is 2. The second kappa shape index (κ2) is 9.48. The predicted molar refractivity (Wildman–Crippen MR) is 111 cm³/mol. The average molecular weight is 480 g/mol. The second-order valence-electron chi connectivity index (χ2n) is 5.64. The summed E-state index contributed by atoms with van der Waals surface area (Å²) < 4.78 is 25.4. The van der Waals surface area contributed by atoms with Gasteiger partial charge in [-0.25, -0.2) is 9.37 Å². The molecular formula is C19H15BrFN3O4S. The van der Waals surface area contributed by atoms with E-state index in [0.717, 1.165) is 9.85 Å². The van der Waals surface area contributed by atoms with Crippen LogP contribution >= 0.6 is 27.3 Å². The summed E-state index contributed by atoms with van der Waals surface area (Å²) in [5.74, 6) is -0.786. The average Bonchev–Trinajstić information content (AvgIpc) is 3.08. The van der Waals surface area contributed by atoms with Crippen LogP contribution in [0.15, 0.2) is 52.4 Å². The number of carbonyl (C=O) groups is 2. The molecule has 0 fully saturated rings.